The lowest BCUT2D eigenvalue weighted by Gasteiger charge is -2.19. The molecule has 0 spiro atoms. The summed E-state index contributed by atoms with van der Waals surface area (Å²) in [6.45, 7) is 7.81. The van der Waals surface area contributed by atoms with Crippen LogP contribution in [0.4, 0.5) is 0 Å². The highest BCUT2D eigenvalue weighted by Crippen LogP contribution is 2.19. The lowest BCUT2D eigenvalue weighted by atomic mass is 10.0. The zero-order valence-electron chi connectivity index (χ0n) is 11.5. The summed E-state index contributed by atoms with van der Waals surface area (Å²) in [6.07, 6.45) is 2.49. The minimum absolute atomic E-state index is 0.380. The summed E-state index contributed by atoms with van der Waals surface area (Å²) in [5, 5.41) is 3.60. The van der Waals surface area contributed by atoms with Gasteiger partial charge in [-0.05, 0) is 37.1 Å². The van der Waals surface area contributed by atoms with Gasteiger partial charge in [-0.3, -0.25) is 0 Å². The van der Waals surface area contributed by atoms with E-state index in [2.05, 4.69) is 38.2 Å². The summed E-state index contributed by atoms with van der Waals surface area (Å²) >= 11 is 0. The van der Waals surface area contributed by atoms with Crippen molar-refractivity contribution in [3.05, 3.63) is 29.8 Å². The van der Waals surface area contributed by atoms with Crippen LogP contribution >= 0.6 is 0 Å². The zero-order chi connectivity index (χ0) is 12.7. The molecule has 0 amide bonds. The van der Waals surface area contributed by atoms with Crippen LogP contribution < -0.4 is 10.1 Å². The molecule has 1 atom stereocenters. The van der Waals surface area contributed by atoms with Crippen molar-refractivity contribution in [1.82, 2.24) is 5.32 Å². The maximum Gasteiger partial charge on any atom is 0.119 e. The second-order valence-electron chi connectivity index (χ2n) is 4.59. The topological polar surface area (TPSA) is 21.3 Å². The fraction of sp³-hybridized carbons (Fsp3) is 0.600. The van der Waals surface area contributed by atoms with Crippen LogP contribution in [0.1, 0.15) is 45.2 Å². The number of hydrogen-bond acceptors (Lipinski definition) is 2. The first-order chi connectivity index (χ1) is 8.21. The maximum absolute atomic E-state index is 5.25. The third-order valence-corrected chi connectivity index (χ3v) is 3.46. The molecule has 1 N–H and O–H groups in total. The van der Waals surface area contributed by atoms with E-state index in [0.29, 0.717) is 6.04 Å². The largest absolute Gasteiger partial charge is 0.497 e. The molecule has 0 aliphatic rings. The summed E-state index contributed by atoms with van der Waals surface area (Å²) in [5.74, 6) is 1.71. The molecule has 2 nitrogen and oxygen atoms in total. The number of methoxy groups -OCH3 is 1. The van der Waals surface area contributed by atoms with Gasteiger partial charge in [-0.1, -0.05) is 38.8 Å². The summed E-state index contributed by atoms with van der Waals surface area (Å²) in [6, 6.07) is 8.66. The quantitative estimate of drug-likeness (QED) is 0.776. The highest BCUT2D eigenvalue weighted by molar-refractivity contribution is 5.30. The van der Waals surface area contributed by atoms with Gasteiger partial charge in [0.25, 0.3) is 0 Å². The van der Waals surface area contributed by atoms with E-state index in [4.69, 9.17) is 4.74 Å². The number of rotatable bonds is 7. The lowest BCUT2D eigenvalue weighted by Crippen LogP contribution is -2.25. The van der Waals surface area contributed by atoms with Crippen molar-refractivity contribution in [2.75, 3.05) is 13.7 Å². The van der Waals surface area contributed by atoms with Crippen molar-refractivity contribution in [2.24, 2.45) is 5.92 Å². The molecule has 0 bridgehead atoms. The first kappa shape index (κ1) is 14.0. The van der Waals surface area contributed by atoms with Gasteiger partial charge < -0.3 is 10.1 Å². The van der Waals surface area contributed by atoms with Gasteiger partial charge in [0.2, 0.25) is 0 Å². The minimum atomic E-state index is 0.380. The summed E-state index contributed by atoms with van der Waals surface area (Å²) in [7, 11) is 1.71. The van der Waals surface area contributed by atoms with E-state index in [1.807, 2.05) is 12.1 Å². The van der Waals surface area contributed by atoms with E-state index in [1.54, 1.807) is 7.11 Å². The second-order valence-corrected chi connectivity index (χ2v) is 4.59. The molecular weight excluding hydrogens is 210 g/mol. The lowest BCUT2D eigenvalue weighted by molar-refractivity contribution is 0.408. The molecule has 17 heavy (non-hydrogen) atoms. The Morgan fingerprint density at radius 2 is 1.94 bits per heavy atom. The number of nitrogens with one attached hydrogen (secondary N) is 1. The monoisotopic (exact) mass is 235 g/mol. The Labute approximate surface area is 105 Å². The summed E-state index contributed by atoms with van der Waals surface area (Å²) < 4.78 is 5.25. The maximum atomic E-state index is 5.25. The van der Waals surface area contributed by atoms with Crippen LogP contribution in [0.3, 0.4) is 0 Å². The van der Waals surface area contributed by atoms with E-state index in [1.165, 1.54) is 18.4 Å². The minimum Gasteiger partial charge on any atom is -0.497 e. The van der Waals surface area contributed by atoms with Crippen LogP contribution in [0.25, 0.3) is 0 Å². The molecule has 1 rings (SSSR count). The van der Waals surface area contributed by atoms with Gasteiger partial charge in [0.1, 0.15) is 5.75 Å². The van der Waals surface area contributed by atoms with E-state index in [0.717, 1.165) is 18.2 Å². The molecule has 0 saturated carbocycles. The van der Waals surface area contributed by atoms with Crippen molar-refractivity contribution >= 4 is 0 Å². The Kier molecular flexibility index (Phi) is 6.06. The molecule has 0 fully saturated rings. The van der Waals surface area contributed by atoms with Crippen LogP contribution in [0.2, 0.25) is 0 Å². The molecule has 1 aromatic rings. The van der Waals surface area contributed by atoms with Crippen molar-refractivity contribution < 1.29 is 4.74 Å². The highest BCUT2D eigenvalue weighted by Gasteiger charge is 2.08. The average Bonchev–Trinajstić information content (AvgIpc) is 2.39. The van der Waals surface area contributed by atoms with Crippen molar-refractivity contribution in [1.29, 1.82) is 0 Å². The van der Waals surface area contributed by atoms with Crippen molar-refractivity contribution in [3.63, 3.8) is 0 Å². The van der Waals surface area contributed by atoms with Gasteiger partial charge in [-0.25, -0.2) is 0 Å². The Morgan fingerprint density at radius 1 is 1.24 bits per heavy atom. The summed E-state index contributed by atoms with van der Waals surface area (Å²) in [4.78, 5) is 0. The number of benzene rings is 1. The third kappa shape index (κ3) is 4.39. The van der Waals surface area contributed by atoms with E-state index >= 15 is 0 Å². The molecule has 0 unspecified atom stereocenters. The molecule has 0 radical (unpaired) electrons. The average molecular weight is 235 g/mol. The van der Waals surface area contributed by atoms with Crippen LogP contribution in [-0.2, 0) is 0 Å². The molecular formula is C15H25NO. The van der Waals surface area contributed by atoms with Crippen LogP contribution in [0, 0.1) is 5.92 Å². The van der Waals surface area contributed by atoms with Crippen molar-refractivity contribution in [2.45, 2.75) is 39.7 Å². The van der Waals surface area contributed by atoms with Gasteiger partial charge in [-0.15, -0.1) is 0 Å². The first-order valence-electron chi connectivity index (χ1n) is 6.58. The zero-order valence-corrected chi connectivity index (χ0v) is 11.5. The van der Waals surface area contributed by atoms with Gasteiger partial charge in [0.05, 0.1) is 7.11 Å². The predicted molar refractivity (Wildman–Crippen MR) is 73.5 cm³/mol. The molecule has 0 aliphatic heterocycles. The molecule has 2 heteroatoms. The Morgan fingerprint density at radius 3 is 2.53 bits per heavy atom. The van der Waals surface area contributed by atoms with Gasteiger partial charge in [-0.2, -0.15) is 0 Å². The second kappa shape index (κ2) is 7.33. The highest BCUT2D eigenvalue weighted by atomic mass is 16.5. The number of ether oxygens (including phenoxy) is 1. The Bertz CT molecular complexity index is 320. The van der Waals surface area contributed by atoms with E-state index < -0.39 is 0 Å². The Hall–Kier alpha value is -1.02. The van der Waals surface area contributed by atoms with E-state index in [9.17, 15) is 0 Å². The standard InChI is InChI=1S/C15H25NO/c1-5-13(6-2)11-16-12(3)14-8-7-9-15(10-14)17-4/h7-10,12-13,16H,5-6,11H2,1-4H3/t12-/m1/s1. The normalized spacial score (nSPS) is 12.8. The van der Waals surface area contributed by atoms with Crippen LogP contribution in [0.5, 0.6) is 5.75 Å². The fourth-order valence-corrected chi connectivity index (χ4v) is 1.95. The van der Waals surface area contributed by atoms with Crippen molar-refractivity contribution in [3.8, 4) is 5.75 Å². The van der Waals surface area contributed by atoms with E-state index in [-0.39, 0.29) is 0 Å². The molecule has 0 aliphatic carbocycles. The van der Waals surface area contributed by atoms with Gasteiger partial charge >= 0.3 is 0 Å². The van der Waals surface area contributed by atoms with Crippen LogP contribution in [-0.4, -0.2) is 13.7 Å². The van der Waals surface area contributed by atoms with Crippen LogP contribution in [0.15, 0.2) is 24.3 Å². The predicted octanol–water partition coefficient (Wildman–Crippen LogP) is 3.78. The number of hydrogen-bond donors (Lipinski definition) is 1. The first-order valence-corrected chi connectivity index (χ1v) is 6.58. The molecule has 0 saturated heterocycles. The third-order valence-electron chi connectivity index (χ3n) is 3.46. The molecule has 1 aromatic carbocycles. The SMILES string of the molecule is CCC(CC)CN[C@H](C)c1cccc(OC)c1. The van der Waals surface area contributed by atoms with Gasteiger partial charge in [0.15, 0.2) is 0 Å². The summed E-state index contributed by atoms with van der Waals surface area (Å²) in [5.41, 5.74) is 1.29. The fourth-order valence-electron chi connectivity index (χ4n) is 1.95. The molecule has 0 heterocycles. The molecule has 96 valence electrons. The smallest absolute Gasteiger partial charge is 0.119 e. The molecule has 0 aromatic heterocycles. The van der Waals surface area contributed by atoms with Gasteiger partial charge in [0, 0.05) is 6.04 Å². The Balaban J connectivity index is 2.53.